The second kappa shape index (κ2) is 7.76. The molecule has 1 saturated carbocycles. The highest BCUT2D eigenvalue weighted by atomic mass is 35.5. The Bertz CT molecular complexity index is 731. The molecule has 27 heavy (non-hydrogen) atoms. The Hall–Kier alpha value is -1.66. The molecule has 1 N–H and O–H groups in total. The zero-order valence-corrected chi connectivity index (χ0v) is 16.4. The first-order valence-electron chi connectivity index (χ1n) is 9.58. The molecule has 2 amide bonds. The first-order chi connectivity index (χ1) is 12.5. The van der Waals surface area contributed by atoms with Crippen molar-refractivity contribution in [2.75, 3.05) is 31.6 Å². The van der Waals surface area contributed by atoms with E-state index in [1.54, 1.807) is 30.1 Å². The van der Waals surface area contributed by atoms with E-state index >= 15 is 0 Å². The van der Waals surface area contributed by atoms with Crippen molar-refractivity contribution >= 4 is 29.9 Å². The van der Waals surface area contributed by atoms with Crippen molar-refractivity contribution in [2.24, 2.45) is 11.3 Å². The summed E-state index contributed by atoms with van der Waals surface area (Å²) < 4.78 is 14.1. The summed E-state index contributed by atoms with van der Waals surface area (Å²) in [5, 5.41) is 3.39. The third kappa shape index (κ3) is 3.23. The summed E-state index contributed by atoms with van der Waals surface area (Å²) in [5.41, 5.74) is -0.0595. The number of carbonyl (C=O) groups is 2. The van der Waals surface area contributed by atoms with Crippen LogP contribution < -0.4 is 10.2 Å². The first kappa shape index (κ1) is 20.1. The molecule has 0 spiro atoms. The van der Waals surface area contributed by atoms with E-state index in [2.05, 4.69) is 5.32 Å². The third-order valence-corrected chi connectivity index (χ3v) is 6.57. The number of nitrogens with zero attached hydrogens (tertiary/aromatic N) is 2. The van der Waals surface area contributed by atoms with Crippen LogP contribution in [0.15, 0.2) is 24.3 Å². The van der Waals surface area contributed by atoms with Crippen LogP contribution in [-0.2, 0) is 9.59 Å². The summed E-state index contributed by atoms with van der Waals surface area (Å²) in [6.07, 6.45) is 4.76. The van der Waals surface area contributed by atoms with Gasteiger partial charge in [-0.1, -0.05) is 25.0 Å². The standard InChI is InChI=1S/C20H26FN3O2.ClH/c1-23(19(26)20-10-5-4-6-14(20)12-22-13-20)17-9-11-24(18(17)25)16-8-3-2-7-15(16)21;/h2-3,7-8,14,17,22H,4-6,9-13H2,1H3;1H/t14-,17?,20+;/m0./s1. The maximum atomic E-state index is 14.1. The fourth-order valence-corrected chi connectivity index (χ4v) is 5.10. The van der Waals surface area contributed by atoms with Crippen molar-refractivity contribution in [1.82, 2.24) is 10.2 Å². The normalized spacial score (nSPS) is 30.0. The van der Waals surface area contributed by atoms with Gasteiger partial charge in [0.1, 0.15) is 11.9 Å². The molecule has 4 rings (SSSR count). The van der Waals surface area contributed by atoms with Gasteiger partial charge >= 0.3 is 0 Å². The minimum atomic E-state index is -0.500. The zero-order valence-electron chi connectivity index (χ0n) is 15.6. The Labute approximate surface area is 165 Å². The number of carbonyl (C=O) groups excluding carboxylic acids is 2. The molecule has 148 valence electrons. The van der Waals surface area contributed by atoms with Gasteiger partial charge in [-0.25, -0.2) is 4.39 Å². The predicted molar refractivity (Wildman–Crippen MR) is 104 cm³/mol. The molecule has 3 aliphatic rings. The average Bonchev–Trinajstić information content (AvgIpc) is 3.25. The number of anilines is 1. The fourth-order valence-electron chi connectivity index (χ4n) is 5.10. The molecule has 3 fully saturated rings. The number of benzene rings is 1. The van der Waals surface area contributed by atoms with Crippen molar-refractivity contribution in [3.8, 4) is 0 Å². The molecular formula is C20H27ClFN3O2. The molecule has 0 bridgehead atoms. The van der Waals surface area contributed by atoms with E-state index in [9.17, 15) is 14.0 Å². The van der Waals surface area contributed by atoms with E-state index in [1.165, 1.54) is 17.4 Å². The van der Waals surface area contributed by atoms with Gasteiger partial charge in [-0.15, -0.1) is 12.4 Å². The summed E-state index contributed by atoms with van der Waals surface area (Å²) in [4.78, 5) is 29.4. The smallest absolute Gasteiger partial charge is 0.249 e. The van der Waals surface area contributed by atoms with Crippen LogP contribution in [0.5, 0.6) is 0 Å². The Morgan fingerprint density at radius 2 is 2.07 bits per heavy atom. The van der Waals surface area contributed by atoms with Gasteiger partial charge in [0.25, 0.3) is 0 Å². The second-order valence-corrected chi connectivity index (χ2v) is 7.89. The van der Waals surface area contributed by atoms with Crippen LogP contribution in [-0.4, -0.2) is 49.4 Å². The highest BCUT2D eigenvalue weighted by Crippen LogP contribution is 2.45. The molecule has 1 aromatic carbocycles. The van der Waals surface area contributed by atoms with Gasteiger partial charge in [-0.2, -0.15) is 0 Å². The molecule has 7 heteroatoms. The van der Waals surface area contributed by atoms with E-state index in [4.69, 9.17) is 0 Å². The topological polar surface area (TPSA) is 52.7 Å². The molecule has 3 atom stereocenters. The van der Waals surface area contributed by atoms with Crippen molar-refractivity contribution in [1.29, 1.82) is 0 Å². The summed E-state index contributed by atoms with van der Waals surface area (Å²) in [5.74, 6) is -0.131. The first-order valence-corrected chi connectivity index (χ1v) is 9.58. The molecule has 2 saturated heterocycles. The Balaban J connectivity index is 0.00000210. The minimum absolute atomic E-state index is 0. The second-order valence-electron chi connectivity index (χ2n) is 7.89. The molecule has 2 aliphatic heterocycles. The monoisotopic (exact) mass is 395 g/mol. The number of rotatable bonds is 3. The van der Waals surface area contributed by atoms with Crippen molar-refractivity contribution in [3.63, 3.8) is 0 Å². The lowest BCUT2D eigenvalue weighted by atomic mass is 9.67. The third-order valence-electron chi connectivity index (χ3n) is 6.57. The van der Waals surface area contributed by atoms with Gasteiger partial charge in [-0.05, 0) is 43.9 Å². The number of halogens is 2. The average molecular weight is 396 g/mol. The summed E-state index contributed by atoms with van der Waals surface area (Å²) in [7, 11) is 1.74. The number of amides is 2. The molecule has 2 heterocycles. The number of hydrogen-bond donors (Lipinski definition) is 1. The molecule has 1 unspecified atom stereocenters. The highest BCUT2D eigenvalue weighted by molar-refractivity contribution is 6.02. The van der Waals surface area contributed by atoms with Gasteiger partial charge in [-0.3, -0.25) is 9.59 Å². The zero-order chi connectivity index (χ0) is 18.3. The number of hydrogen-bond acceptors (Lipinski definition) is 3. The van der Waals surface area contributed by atoms with E-state index in [-0.39, 0.29) is 29.6 Å². The predicted octanol–water partition coefficient (Wildman–Crippen LogP) is 2.59. The Morgan fingerprint density at radius 1 is 1.30 bits per heavy atom. The molecule has 1 aliphatic carbocycles. The van der Waals surface area contributed by atoms with Crippen LogP contribution in [0.2, 0.25) is 0 Å². The largest absolute Gasteiger partial charge is 0.333 e. The van der Waals surface area contributed by atoms with Gasteiger partial charge in [0.2, 0.25) is 11.8 Å². The van der Waals surface area contributed by atoms with Crippen LogP contribution in [0, 0.1) is 17.2 Å². The molecular weight excluding hydrogens is 369 g/mol. The van der Waals surface area contributed by atoms with Gasteiger partial charge in [0.15, 0.2) is 0 Å². The highest BCUT2D eigenvalue weighted by Gasteiger charge is 2.52. The Kier molecular flexibility index (Phi) is 5.77. The van der Waals surface area contributed by atoms with Crippen LogP contribution in [0.1, 0.15) is 32.1 Å². The van der Waals surface area contributed by atoms with Gasteiger partial charge in [0.05, 0.1) is 11.1 Å². The lowest BCUT2D eigenvalue weighted by Gasteiger charge is -2.41. The number of fused-ring (bicyclic) bond motifs is 1. The van der Waals surface area contributed by atoms with Gasteiger partial charge in [0, 0.05) is 20.1 Å². The summed E-state index contributed by atoms with van der Waals surface area (Å²) in [6, 6.07) is 5.82. The van der Waals surface area contributed by atoms with Crippen LogP contribution in [0.4, 0.5) is 10.1 Å². The molecule has 1 aromatic rings. The molecule has 5 nitrogen and oxygen atoms in total. The lowest BCUT2D eigenvalue weighted by molar-refractivity contribution is -0.148. The van der Waals surface area contributed by atoms with Crippen LogP contribution >= 0.6 is 12.4 Å². The van der Waals surface area contributed by atoms with Crippen LogP contribution in [0.25, 0.3) is 0 Å². The molecule has 0 aromatic heterocycles. The fraction of sp³-hybridized carbons (Fsp3) is 0.600. The Morgan fingerprint density at radius 3 is 2.85 bits per heavy atom. The maximum Gasteiger partial charge on any atom is 0.249 e. The number of likely N-dealkylation sites (N-methyl/N-ethyl adjacent to an activating group) is 1. The lowest BCUT2D eigenvalue weighted by Crippen LogP contribution is -2.53. The quantitative estimate of drug-likeness (QED) is 0.855. The van der Waals surface area contributed by atoms with Crippen molar-refractivity contribution < 1.29 is 14.0 Å². The van der Waals surface area contributed by atoms with Gasteiger partial charge < -0.3 is 15.1 Å². The molecule has 0 radical (unpaired) electrons. The SMILES string of the molecule is CN(C(=O)[C@@]12CCCC[C@H]1CNC2)C1CCN(c2ccccc2F)C1=O.Cl. The minimum Gasteiger partial charge on any atom is -0.333 e. The summed E-state index contributed by atoms with van der Waals surface area (Å²) >= 11 is 0. The van der Waals surface area contributed by atoms with E-state index in [0.29, 0.717) is 31.1 Å². The van der Waals surface area contributed by atoms with Crippen molar-refractivity contribution in [2.45, 2.75) is 38.1 Å². The maximum absolute atomic E-state index is 14.1. The summed E-state index contributed by atoms with van der Waals surface area (Å²) in [6.45, 7) is 2.04. The van der Waals surface area contributed by atoms with Crippen molar-refractivity contribution in [3.05, 3.63) is 30.1 Å². The van der Waals surface area contributed by atoms with E-state index in [1.807, 2.05) is 0 Å². The number of para-hydroxylation sites is 1. The van der Waals surface area contributed by atoms with E-state index in [0.717, 1.165) is 25.8 Å². The van der Waals surface area contributed by atoms with Crippen LogP contribution in [0.3, 0.4) is 0 Å². The number of nitrogens with one attached hydrogen (secondary N) is 1. The van der Waals surface area contributed by atoms with E-state index < -0.39 is 11.9 Å².